The molecule has 0 aromatic carbocycles. The smallest absolute Gasteiger partial charge is 0.222 e. The van der Waals surface area contributed by atoms with E-state index in [-0.39, 0.29) is 12.0 Å². The van der Waals surface area contributed by atoms with Gasteiger partial charge in [0.1, 0.15) is 0 Å². The first-order valence-electron chi connectivity index (χ1n) is 4.90. The first kappa shape index (κ1) is 10.5. The van der Waals surface area contributed by atoms with Crippen molar-refractivity contribution in [2.24, 2.45) is 5.73 Å². The van der Waals surface area contributed by atoms with Gasteiger partial charge in [0.05, 0.1) is 6.10 Å². The zero-order chi connectivity index (χ0) is 9.68. The van der Waals surface area contributed by atoms with E-state index in [9.17, 15) is 9.90 Å². The molecule has 4 nitrogen and oxygen atoms in total. The zero-order valence-corrected chi connectivity index (χ0v) is 7.91. The Balaban J connectivity index is 2.16. The molecule has 1 saturated heterocycles. The summed E-state index contributed by atoms with van der Waals surface area (Å²) < 4.78 is 0. The van der Waals surface area contributed by atoms with Crippen LogP contribution in [0, 0.1) is 0 Å². The van der Waals surface area contributed by atoms with E-state index >= 15 is 0 Å². The number of amides is 1. The van der Waals surface area contributed by atoms with Gasteiger partial charge >= 0.3 is 0 Å². The Bertz CT molecular complexity index is 173. The molecule has 1 rings (SSSR count). The fourth-order valence-electron chi connectivity index (χ4n) is 1.55. The maximum atomic E-state index is 11.4. The predicted molar refractivity (Wildman–Crippen MR) is 50.1 cm³/mol. The molecule has 0 saturated carbocycles. The van der Waals surface area contributed by atoms with Crippen LogP contribution in [0.5, 0.6) is 0 Å². The number of β-amino-alcohol motifs (C(OH)–C–C–N with tert-alkyl or cyclic N) is 1. The van der Waals surface area contributed by atoms with Gasteiger partial charge in [-0.1, -0.05) is 0 Å². The highest BCUT2D eigenvalue weighted by molar-refractivity contribution is 5.76. The van der Waals surface area contributed by atoms with Gasteiger partial charge in [-0.15, -0.1) is 0 Å². The van der Waals surface area contributed by atoms with Crippen molar-refractivity contribution in [2.75, 3.05) is 19.6 Å². The maximum Gasteiger partial charge on any atom is 0.222 e. The van der Waals surface area contributed by atoms with Gasteiger partial charge in [0, 0.05) is 19.5 Å². The molecule has 0 radical (unpaired) electrons. The number of aliphatic hydroxyl groups is 1. The molecule has 0 spiro atoms. The minimum atomic E-state index is -0.307. The summed E-state index contributed by atoms with van der Waals surface area (Å²) >= 11 is 0. The summed E-state index contributed by atoms with van der Waals surface area (Å²) in [6.45, 7) is 1.87. The molecular formula is C9H18N2O2. The van der Waals surface area contributed by atoms with Crippen LogP contribution in [0.15, 0.2) is 0 Å². The van der Waals surface area contributed by atoms with Crippen LogP contribution in [-0.4, -0.2) is 41.7 Å². The predicted octanol–water partition coefficient (Wildman–Crippen LogP) is -0.291. The third-order valence-corrected chi connectivity index (χ3v) is 2.36. The van der Waals surface area contributed by atoms with Crippen LogP contribution in [0.25, 0.3) is 0 Å². The number of likely N-dealkylation sites (tertiary alicyclic amines) is 1. The van der Waals surface area contributed by atoms with E-state index in [1.807, 2.05) is 0 Å². The number of nitrogens with zero attached hydrogens (tertiary/aromatic N) is 1. The first-order chi connectivity index (χ1) is 6.24. The average molecular weight is 186 g/mol. The Morgan fingerprint density at radius 1 is 1.54 bits per heavy atom. The lowest BCUT2D eigenvalue weighted by Gasteiger charge is -2.14. The average Bonchev–Trinajstić information content (AvgIpc) is 2.52. The molecule has 1 atom stereocenters. The fourth-order valence-corrected chi connectivity index (χ4v) is 1.55. The first-order valence-corrected chi connectivity index (χ1v) is 4.90. The molecular weight excluding hydrogens is 168 g/mol. The second-order valence-electron chi connectivity index (χ2n) is 3.53. The van der Waals surface area contributed by atoms with E-state index in [0.717, 1.165) is 19.3 Å². The van der Waals surface area contributed by atoms with E-state index in [2.05, 4.69) is 0 Å². The van der Waals surface area contributed by atoms with Crippen molar-refractivity contribution in [3.8, 4) is 0 Å². The van der Waals surface area contributed by atoms with Crippen molar-refractivity contribution in [1.29, 1.82) is 0 Å². The second kappa shape index (κ2) is 5.19. The van der Waals surface area contributed by atoms with Crippen LogP contribution >= 0.6 is 0 Å². The summed E-state index contributed by atoms with van der Waals surface area (Å²) in [7, 11) is 0. The number of carbonyl (C=O) groups excluding carboxylic acids is 1. The van der Waals surface area contributed by atoms with Crippen molar-refractivity contribution < 1.29 is 9.90 Å². The lowest BCUT2D eigenvalue weighted by molar-refractivity contribution is -0.130. The largest absolute Gasteiger partial charge is 0.391 e. The van der Waals surface area contributed by atoms with Gasteiger partial charge in [0.25, 0.3) is 0 Å². The lowest BCUT2D eigenvalue weighted by Crippen LogP contribution is -2.29. The molecule has 13 heavy (non-hydrogen) atoms. The number of nitrogens with two attached hydrogens (primary N) is 1. The van der Waals surface area contributed by atoms with Crippen LogP contribution in [0.4, 0.5) is 0 Å². The normalized spacial score (nSPS) is 22.3. The fraction of sp³-hybridized carbons (Fsp3) is 0.889. The van der Waals surface area contributed by atoms with Gasteiger partial charge in [0.2, 0.25) is 5.91 Å². The monoisotopic (exact) mass is 186 g/mol. The van der Waals surface area contributed by atoms with E-state index in [0.29, 0.717) is 26.1 Å². The summed E-state index contributed by atoms with van der Waals surface area (Å²) in [5, 5.41) is 9.21. The van der Waals surface area contributed by atoms with Crippen molar-refractivity contribution in [3.63, 3.8) is 0 Å². The van der Waals surface area contributed by atoms with Gasteiger partial charge in [-0.2, -0.15) is 0 Å². The Morgan fingerprint density at radius 3 is 2.85 bits per heavy atom. The van der Waals surface area contributed by atoms with E-state index in [4.69, 9.17) is 5.73 Å². The highest BCUT2D eigenvalue weighted by Gasteiger charge is 2.23. The third-order valence-electron chi connectivity index (χ3n) is 2.36. The third kappa shape index (κ3) is 3.32. The van der Waals surface area contributed by atoms with Crippen molar-refractivity contribution in [2.45, 2.75) is 31.8 Å². The molecule has 1 fully saturated rings. The summed E-state index contributed by atoms with van der Waals surface area (Å²) in [5.41, 5.74) is 5.33. The summed E-state index contributed by atoms with van der Waals surface area (Å²) in [5.74, 6) is 0.157. The Labute approximate surface area is 78.7 Å². The van der Waals surface area contributed by atoms with Crippen molar-refractivity contribution >= 4 is 5.91 Å². The molecule has 76 valence electrons. The Kier molecular flexibility index (Phi) is 4.18. The Morgan fingerprint density at radius 2 is 2.31 bits per heavy atom. The number of carbonyl (C=O) groups is 1. The Hall–Kier alpha value is -0.610. The number of hydrogen-bond donors (Lipinski definition) is 2. The topological polar surface area (TPSA) is 66.6 Å². The van der Waals surface area contributed by atoms with Crippen LogP contribution in [0.3, 0.4) is 0 Å². The molecule has 0 bridgehead atoms. The molecule has 1 heterocycles. The molecule has 0 unspecified atom stereocenters. The zero-order valence-electron chi connectivity index (χ0n) is 7.91. The molecule has 4 heteroatoms. The van der Waals surface area contributed by atoms with Gasteiger partial charge in [-0.3, -0.25) is 4.79 Å². The SMILES string of the molecule is NCCCCC(=O)N1CC[C@H](O)C1. The molecule has 0 aromatic heterocycles. The number of aliphatic hydroxyl groups excluding tert-OH is 1. The molecule has 0 aliphatic carbocycles. The number of hydrogen-bond acceptors (Lipinski definition) is 3. The van der Waals surface area contributed by atoms with Crippen molar-refractivity contribution in [1.82, 2.24) is 4.90 Å². The number of rotatable bonds is 4. The van der Waals surface area contributed by atoms with E-state index in [1.54, 1.807) is 4.90 Å². The number of unbranched alkanes of at least 4 members (excludes halogenated alkanes) is 1. The molecule has 0 aromatic rings. The van der Waals surface area contributed by atoms with Gasteiger partial charge in [0.15, 0.2) is 0 Å². The molecule has 3 N–H and O–H groups in total. The van der Waals surface area contributed by atoms with Gasteiger partial charge in [-0.05, 0) is 25.8 Å². The van der Waals surface area contributed by atoms with Crippen molar-refractivity contribution in [3.05, 3.63) is 0 Å². The van der Waals surface area contributed by atoms with Gasteiger partial charge < -0.3 is 15.7 Å². The minimum Gasteiger partial charge on any atom is -0.391 e. The van der Waals surface area contributed by atoms with E-state index < -0.39 is 0 Å². The minimum absolute atomic E-state index is 0.157. The highest BCUT2D eigenvalue weighted by Crippen LogP contribution is 2.11. The van der Waals surface area contributed by atoms with E-state index in [1.165, 1.54) is 0 Å². The standard InChI is InChI=1S/C9H18N2O2/c10-5-2-1-3-9(13)11-6-4-8(12)7-11/h8,12H,1-7,10H2/t8-/m0/s1. The van der Waals surface area contributed by atoms with Gasteiger partial charge in [-0.25, -0.2) is 0 Å². The summed E-state index contributed by atoms with van der Waals surface area (Å²) in [4.78, 5) is 13.2. The summed E-state index contributed by atoms with van der Waals surface area (Å²) in [6, 6.07) is 0. The second-order valence-corrected chi connectivity index (χ2v) is 3.53. The molecule has 1 amide bonds. The van der Waals surface area contributed by atoms with Crippen LogP contribution in [-0.2, 0) is 4.79 Å². The summed E-state index contributed by atoms with van der Waals surface area (Å²) in [6.07, 6.45) is 2.76. The maximum absolute atomic E-state index is 11.4. The van der Waals surface area contributed by atoms with Crippen LogP contribution < -0.4 is 5.73 Å². The highest BCUT2D eigenvalue weighted by atomic mass is 16.3. The molecule has 1 aliphatic heterocycles. The van der Waals surface area contributed by atoms with Crippen LogP contribution in [0.1, 0.15) is 25.7 Å². The van der Waals surface area contributed by atoms with Crippen LogP contribution in [0.2, 0.25) is 0 Å². The quantitative estimate of drug-likeness (QED) is 0.593. The lowest BCUT2D eigenvalue weighted by atomic mass is 10.2. The molecule has 1 aliphatic rings.